The molecule has 6 nitrogen and oxygen atoms in total. The standard InChI is InChI=1S/C25H27N2O4S2/c1-3-30-24(28)16-26-18-10-5-7-12-20(18)32-22(26)14-9-15-23-27(17-25(29)31-4-2)19-11-6-8-13-21(19)33-23/h5-7,9-12,14-15H,3-4,8,13,16-17H2,1-2H3/q+1. The third-order valence-corrected chi connectivity index (χ3v) is 7.54. The number of esters is 2. The van der Waals surface area contributed by atoms with E-state index in [2.05, 4.69) is 18.2 Å². The molecule has 0 saturated heterocycles. The number of anilines is 1. The first-order chi connectivity index (χ1) is 16.1. The van der Waals surface area contributed by atoms with Crippen LogP contribution >= 0.6 is 23.1 Å². The minimum Gasteiger partial charge on any atom is -0.465 e. The van der Waals surface area contributed by atoms with E-state index in [4.69, 9.17) is 9.47 Å². The first kappa shape index (κ1) is 23.3. The molecule has 1 aliphatic heterocycles. The SMILES string of the molecule is CCOC(=O)CN1C(=CC=Cc2sc3c([n+]2CC(=O)OCC)C=CCC3)Sc2ccccc21. The maximum Gasteiger partial charge on any atom is 0.372 e. The summed E-state index contributed by atoms with van der Waals surface area (Å²) in [5, 5.41) is 1.95. The van der Waals surface area contributed by atoms with E-state index in [1.54, 1.807) is 23.1 Å². The molecule has 2 aliphatic rings. The number of nitrogens with zero attached hydrogens (tertiary/aromatic N) is 2. The van der Waals surface area contributed by atoms with Crippen molar-refractivity contribution in [2.24, 2.45) is 0 Å². The van der Waals surface area contributed by atoms with Gasteiger partial charge in [0.1, 0.15) is 6.54 Å². The smallest absolute Gasteiger partial charge is 0.372 e. The second-order valence-corrected chi connectivity index (χ2v) is 9.58. The fourth-order valence-corrected chi connectivity index (χ4v) is 6.03. The van der Waals surface area contributed by atoms with Gasteiger partial charge in [0.25, 0.3) is 5.01 Å². The molecule has 0 amide bonds. The van der Waals surface area contributed by atoms with Crippen LogP contribution in [0.3, 0.4) is 0 Å². The van der Waals surface area contributed by atoms with Crippen molar-refractivity contribution in [1.82, 2.24) is 0 Å². The number of thioether (sulfide) groups is 1. The lowest BCUT2D eigenvalue weighted by Gasteiger charge is -2.18. The molecular weight excluding hydrogens is 456 g/mol. The number of para-hydroxylation sites is 1. The number of hydrogen-bond donors (Lipinski definition) is 0. The first-order valence-electron chi connectivity index (χ1n) is 11.1. The Hall–Kier alpha value is -2.84. The van der Waals surface area contributed by atoms with Crippen LogP contribution in [0, 0.1) is 0 Å². The molecule has 8 heteroatoms. The quantitative estimate of drug-likeness (QED) is 0.404. The molecule has 0 fully saturated rings. The minimum absolute atomic E-state index is 0.165. The molecule has 2 aromatic rings. The Balaban J connectivity index is 1.60. The van der Waals surface area contributed by atoms with Gasteiger partial charge in [-0.1, -0.05) is 47.4 Å². The molecule has 0 atom stereocenters. The summed E-state index contributed by atoms with van der Waals surface area (Å²) in [4.78, 5) is 28.8. The normalized spacial score (nSPS) is 15.7. The molecule has 172 valence electrons. The van der Waals surface area contributed by atoms with E-state index in [9.17, 15) is 9.59 Å². The highest BCUT2D eigenvalue weighted by Gasteiger charge is 2.28. The van der Waals surface area contributed by atoms with E-state index >= 15 is 0 Å². The van der Waals surface area contributed by atoms with Crippen LogP contribution in [0.15, 0.2) is 52.4 Å². The summed E-state index contributed by atoms with van der Waals surface area (Å²) in [6.45, 7) is 4.71. The average Bonchev–Trinajstić information content (AvgIpc) is 3.32. The zero-order valence-electron chi connectivity index (χ0n) is 18.8. The Labute approximate surface area is 202 Å². The lowest BCUT2D eigenvalue weighted by atomic mass is 10.1. The van der Waals surface area contributed by atoms with Crippen LogP contribution in [0.4, 0.5) is 5.69 Å². The number of benzene rings is 1. The van der Waals surface area contributed by atoms with Crippen molar-refractivity contribution in [2.75, 3.05) is 24.7 Å². The van der Waals surface area contributed by atoms with Gasteiger partial charge >= 0.3 is 11.9 Å². The van der Waals surface area contributed by atoms with Crippen LogP contribution in [0.25, 0.3) is 12.2 Å². The van der Waals surface area contributed by atoms with Crippen LogP contribution < -0.4 is 9.47 Å². The van der Waals surface area contributed by atoms with Gasteiger partial charge in [-0.3, -0.25) is 4.79 Å². The highest BCUT2D eigenvalue weighted by atomic mass is 32.2. The molecule has 0 spiro atoms. The van der Waals surface area contributed by atoms with Crippen molar-refractivity contribution >= 4 is 52.9 Å². The van der Waals surface area contributed by atoms with E-state index in [1.165, 1.54) is 4.88 Å². The number of fused-ring (bicyclic) bond motifs is 2. The highest BCUT2D eigenvalue weighted by Crippen LogP contribution is 2.45. The van der Waals surface area contributed by atoms with Gasteiger partial charge in [0.15, 0.2) is 0 Å². The topological polar surface area (TPSA) is 59.7 Å². The fourth-order valence-electron chi connectivity index (χ4n) is 3.79. The molecule has 2 heterocycles. The Morgan fingerprint density at radius 2 is 1.94 bits per heavy atom. The summed E-state index contributed by atoms with van der Waals surface area (Å²) in [6.07, 6.45) is 12.2. The fraction of sp³-hybridized carbons (Fsp3) is 0.320. The largest absolute Gasteiger partial charge is 0.465 e. The van der Waals surface area contributed by atoms with Crippen molar-refractivity contribution in [3.63, 3.8) is 0 Å². The summed E-state index contributed by atoms with van der Waals surface area (Å²) >= 11 is 3.33. The Morgan fingerprint density at radius 3 is 2.76 bits per heavy atom. The molecule has 4 rings (SSSR count). The van der Waals surface area contributed by atoms with Gasteiger partial charge in [-0.05, 0) is 44.9 Å². The molecule has 1 aromatic heterocycles. The lowest BCUT2D eigenvalue weighted by molar-refractivity contribution is -0.684. The third-order valence-electron chi connectivity index (χ3n) is 5.18. The number of aromatic nitrogens is 1. The van der Waals surface area contributed by atoms with E-state index in [1.807, 2.05) is 59.7 Å². The molecule has 0 bridgehead atoms. The van der Waals surface area contributed by atoms with Crippen molar-refractivity contribution in [2.45, 2.75) is 38.1 Å². The van der Waals surface area contributed by atoms with E-state index in [-0.39, 0.29) is 25.0 Å². The lowest BCUT2D eigenvalue weighted by Crippen LogP contribution is -2.42. The molecule has 0 saturated carbocycles. The van der Waals surface area contributed by atoms with E-state index < -0.39 is 0 Å². The van der Waals surface area contributed by atoms with Gasteiger partial charge in [-0.25, -0.2) is 4.79 Å². The van der Waals surface area contributed by atoms with Gasteiger partial charge in [0, 0.05) is 17.0 Å². The molecule has 0 radical (unpaired) electrons. The van der Waals surface area contributed by atoms with E-state index in [0.717, 1.165) is 39.2 Å². The Morgan fingerprint density at radius 1 is 1.15 bits per heavy atom. The molecule has 1 aromatic carbocycles. The van der Waals surface area contributed by atoms with Crippen molar-refractivity contribution in [1.29, 1.82) is 0 Å². The number of carbonyl (C=O) groups excluding carboxylic acids is 2. The first-order valence-corrected chi connectivity index (χ1v) is 12.7. The van der Waals surface area contributed by atoms with Gasteiger partial charge in [-0.2, -0.15) is 4.57 Å². The number of ether oxygens (including phenoxy) is 2. The van der Waals surface area contributed by atoms with Crippen molar-refractivity contribution in [3.05, 3.63) is 63.1 Å². The molecule has 1 aliphatic carbocycles. The summed E-state index contributed by atoms with van der Waals surface area (Å²) in [5.74, 6) is -0.493. The molecular formula is C25H27N2O4S2+. The van der Waals surface area contributed by atoms with Crippen LogP contribution in [-0.4, -0.2) is 31.7 Å². The average molecular weight is 484 g/mol. The molecule has 0 N–H and O–H groups in total. The number of carbonyl (C=O) groups is 2. The zero-order chi connectivity index (χ0) is 23.2. The zero-order valence-corrected chi connectivity index (χ0v) is 20.4. The number of rotatable bonds is 8. The summed E-state index contributed by atoms with van der Waals surface area (Å²) in [7, 11) is 0. The van der Waals surface area contributed by atoms with Crippen LogP contribution in [0.1, 0.15) is 35.8 Å². The summed E-state index contributed by atoms with van der Waals surface area (Å²) in [5.41, 5.74) is 2.09. The molecule has 0 unspecified atom stereocenters. The van der Waals surface area contributed by atoms with Crippen LogP contribution in [0.2, 0.25) is 0 Å². The van der Waals surface area contributed by atoms with Crippen LogP contribution in [0.5, 0.6) is 0 Å². The van der Waals surface area contributed by atoms with Gasteiger partial charge in [0.05, 0.1) is 28.8 Å². The second kappa shape index (κ2) is 10.9. The maximum atomic E-state index is 12.2. The highest BCUT2D eigenvalue weighted by molar-refractivity contribution is 8.03. The Bertz CT molecular complexity index is 1130. The number of thiazole rings is 1. The number of aryl methyl sites for hydroxylation is 1. The summed E-state index contributed by atoms with van der Waals surface area (Å²) in [6, 6.07) is 8.03. The minimum atomic E-state index is -0.255. The predicted molar refractivity (Wildman–Crippen MR) is 132 cm³/mol. The third kappa shape index (κ3) is 5.39. The predicted octanol–water partition coefficient (Wildman–Crippen LogP) is 4.59. The van der Waals surface area contributed by atoms with Gasteiger partial charge in [0.2, 0.25) is 12.2 Å². The molecule has 33 heavy (non-hydrogen) atoms. The van der Waals surface area contributed by atoms with Gasteiger partial charge in [-0.15, -0.1) is 0 Å². The summed E-state index contributed by atoms with van der Waals surface area (Å²) < 4.78 is 12.4. The monoisotopic (exact) mass is 483 g/mol. The van der Waals surface area contributed by atoms with Crippen LogP contribution in [-0.2, 0) is 32.0 Å². The maximum absolute atomic E-state index is 12.2. The van der Waals surface area contributed by atoms with E-state index in [0.29, 0.717) is 13.2 Å². The van der Waals surface area contributed by atoms with Crippen molar-refractivity contribution in [3.8, 4) is 0 Å². The number of hydrogen-bond acceptors (Lipinski definition) is 7. The Kier molecular flexibility index (Phi) is 7.67. The van der Waals surface area contributed by atoms with Gasteiger partial charge < -0.3 is 14.4 Å². The second-order valence-electron chi connectivity index (χ2n) is 7.41. The number of allylic oxidation sites excluding steroid dienone is 3. The van der Waals surface area contributed by atoms with Crippen molar-refractivity contribution < 1.29 is 23.6 Å².